The molecule has 0 atom stereocenters. The molecule has 3 rings (SSSR count). The number of carbonyl (C=O) groups excluding carboxylic acids is 1. The number of rotatable bonds is 4. The van der Waals surface area contributed by atoms with E-state index in [1.807, 2.05) is 21.2 Å². The first-order valence-electron chi connectivity index (χ1n) is 7.29. The van der Waals surface area contributed by atoms with Crippen LogP contribution in [0.5, 0.6) is 0 Å². The topological polar surface area (TPSA) is 95.2 Å². The average Bonchev–Trinajstić information content (AvgIpc) is 3.00. The zero-order valence-electron chi connectivity index (χ0n) is 13.4. The van der Waals surface area contributed by atoms with E-state index < -0.39 is 15.8 Å². The standard InChI is InChI=1S/C15H12FIN4O3S2/c1-20-5-4-10-13(8-21(25-17)14(10)15(20)22)26(23,24)19-12-3-2-9(7-18)6-11(12)16/h2-3,6,8,19H,4-5H2,1H3. The van der Waals surface area contributed by atoms with E-state index in [2.05, 4.69) is 4.72 Å². The summed E-state index contributed by atoms with van der Waals surface area (Å²) in [5.74, 6) is -1.11. The predicted molar refractivity (Wildman–Crippen MR) is 104 cm³/mol. The summed E-state index contributed by atoms with van der Waals surface area (Å²) < 4.78 is 43.4. The quantitative estimate of drug-likeness (QED) is 0.644. The number of hydrogen-bond acceptors (Lipinski definition) is 5. The molecule has 136 valence electrons. The lowest BCUT2D eigenvalue weighted by Crippen LogP contribution is -2.35. The zero-order valence-corrected chi connectivity index (χ0v) is 17.2. The van der Waals surface area contributed by atoms with Crippen LogP contribution in [-0.2, 0) is 16.4 Å². The monoisotopic (exact) mass is 506 g/mol. The maximum absolute atomic E-state index is 14.1. The number of anilines is 1. The molecule has 0 saturated heterocycles. The van der Waals surface area contributed by atoms with Crippen LogP contribution in [0.4, 0.5) is 10.1 Å². The third-order valence-corrected chi connectivity index (χ3v) is 7.12. The molecule has 0 saturated carbocycles. The molecule has 0 bridgehead atoms. The van der Waals surface area contributed by atoms with Gasteiger partial charge in [-0.1, -0.05) is 0 Å². The number of nitriles is 1. The predicted octanol–water partition coefficient (Wildman–Crippen LogP) is 2.77. The minimum absolute atomic E-state index is 0.0538. The number of fused-ring (bicyclic) bond motifs is 1. The Morgan fingerprint density at radius 2 is 2.15 bits per heavy atom. The van der Waals surface area contributed by atoms with Gasteiger partial charge in [0.1, 0.15) is 16.4 Å². The molecular formula is C15H12FIN4O3S2. The highest BCUT2D eigenvalue weighted by molar-refractivity contribution is 14.2. The average molecular weight is 506 g/mol. The number of aromatic nitrogens is 1. The van der Waals surface area contributed by atoms with E-state index in [0.29, 0.717) is 24.2 Å². The van der Waals surface area contributed by atoms with Crippen molar-refractivity contribution in [2.45, 2.75) is 11.3 Å². The largest absolute Gasteiger partial charge is 0.340 e. The fraction of sp³-hybridized carbons (Fsp3) is 0.200. The SMILES string of the molecule is CN1CCc2c(S(=O)(=O)Nc3ccc(C#N)cc3F)cn(SI)c2C1=O. The van der Waals surface area contributed by atoms with E-state index in [4.69, 9.17) is 5.26 Å². The first-order chi connectivity index (χ1) is 12.3. The highest BCUT2D eigenvalue weighted by Gasteiger charge is 2.33. The molecule has 7 nitrogen and oxygen atoms in total. The Balaban J connectivity index is 2.05. The minimum atomic E-state index is -4.11. The summed E-state index contributed by atoms with van der Waals surface area (Å²) in [5, 5.41) is 8.78. The number of hydrogen-bond donors (Lipinski definition) is 1. The molecule has 11 heteroatoms. The summed E-state index contributed by atoms with van der Waals surface area (Å²) in [4.78, 5) is 13.9. The van der Waals surface area contributed by atoms with Crippen molar-refractivity contribution in [1.82, 2.24) is 8.87 Å². The number of nitrogens with one attached hydrogen (secondary N) is 1. The van der Waals surface area contributed by atoms with E-state index in [9.17, 15) is 17.6 Å². The van der Waals surface area contributed by atoms with Crippen LogP contribution >= 0.6 is 30.3 Å². The molecule has 0 unspecified atom stereocenters. The van der Waals surface area contributed by atoms with Gasteiger partial charge >= 0.3 is 0 Å². The molecule has 1 aromatic carbocycles. The van der Waals surface area contributed by atoms with E-state index in [1.54, 1.807) is 13.1 Å². The van der Waals surface area contributed by atoms with Gasteiger partial charge in [0, 0.05) is 55.7 Å². The Bertz CT molecular complexity index is 1050. The summed E-state index contributed by atoms with van der Waals surface area (Å²) in [6, 6.07) is 5.26. The molecule has 1 N–H and O–H groups in total. The summed E-state index contributed by atoms with van der Waals surface area (Å²) in [5.41, 5.74) is 0.549. The Morgan fingerprint density at radius 3 is 2.77 bits per heavy atom. The van der Waals surface area contributed by atoms with Crippen LogP contribution < -0.4 is 4.72 Å². The lowest BCUT2D eigenvalue weighted by molar-refractivity contribution is 0.0774. The maximum atomic E-state index is 14.1. The van der Waals surface area contributed by atoms with Gasteiger partial charge in [-0.05, 0) is 24.6 Å². The number of likely N-dealkylation sites (N-methyl/N-ethyl adjacent to an activating group) is 1. The lowest BCUT2D eigenvalue weighted by Gasteiger charge is -2.23. The second kappa shape index (κ2) is 7.09. The number of benzene rings is 1. The smallest absolute Gasteiger partial charge is 0.271 e. The highest BCUT2D eigenvalue weighted by Crippen LogP contribution is 2.33. The van der Waals surface area contributed by atoms with Crippen molar-refractivity contribution in [3.8, 4) is 6.07 Å². The molecule has 26 heavy (non-hydrogen) atoms. The number of sulfonamides is 1. The summed E-state index contributed by atoms with van der Waals surface area (Å²) in [6.45, 7) is 0.398. The first kappa shape index (κ1) is 19.0. The van der Waals surface area contributed by atoms with E-state index >= 15 is 0 Å². The van der Waals surface area contributed by atoms with Crippen molar-refractivity contribution in [2.24, 2.45) is 0 Å². The first-order valence-corrected chi connectivity index (χ1v) is 12.1. The van der Waals surface area contributed by atoms with Gasteiger partial charge in [0.25, 0.3) is 15.9 Å². The van der Waals surface area contributed by atoms with Crippen molar-refractivity contribution in [3.63, 3.8) is 0 Å². The molecule has 2 heterocycles. The lowest BCUT2D eigenvalue weighted by atomic mass is 10.1. The van der Waals surface area contributed by atoms with Crippen LogP contribution in [0.15, 0.2) is 29.3 Å². The molecule has 1 amide bonds. The van der Waals surface area contributed by atoms with Crippen molar-refractivity contribution in [3.05, 3.63) is 47.0 Å². The van der Waals surface area contributed by atoms with Crippen molar-refractivity contribution in [1.29, 1.82) is 5.26 Å². The molecule has 1 aliphatic rings. The fourth-order valence-electron chi connectivity index (χ4n) is 2.68. The summed E-state index contributed by atoms with van der Waals surface area (Å²) in [7, 11) is -1.28. The van der Waals surface area contributed by atoms with Gasteiger partial charge in [-0.25, -0.2) is 12.8 Å². The molecular weight excluding hydrogens is 494 g/mol. The van der Waals surface area contributed by atoms with Crippen LogP contribution in [0.3, 0.4) is 0 Å². The molecule has 0 fully saturated rings. The molecule has 0 radical (unpaired) electrons. The number of amides is 1. The van der Waals surface area contributed by atoms with Crippen molar-refractivity contribution in [2.75, 3.05) is 18.3 Å². The normalized spacial score (nSPS) is 14.1. The van der Waals surface area contributed by atoms with E-state index in [0.717, 1.165) is 6.07 Å². The molecule has 1 aliphatic heterocycles. The number of carbonyl (C=O) groups is 1. The maximum Gasteiger partial charge on any atom is 0.271 e. The van der Waals surface area contributed by atoms with Crippen LogP contribution in [0.1, 0.15) is 21.6 Å². The molecule has 1 aromatic heterocycles. The summed E-state index contributed by atoms with van der Waals surface area (Å²) in [6.07, 6.45) is 1.75. The molecule has 0 aliphatic carbocycles. The van der Waals surface area contributed by atoms with Gasteiger partial charge in [0.2, 0.25) is 0 Å². The second-order valence-corrected chi connectivity index (χ2v) is 8.97. The Hall–Kier alpha value is -1.78. The minimum Gasteiger partial charge on any atom is -0.340 e. The van der Waals surface area contributed by atoms with E-state index in [1.165, 1.54) is 36.3 Å². The molecule has 0 spiro atoms. The van der Waals surface area contributed by atoms with Gasteiger partial charge < -0.3 is 4.90 Å². The van der Waals surface area contributed by atoms with Crippen LogP contribution in [0.25, 0.3) is 0 Å². The third-order valence-electron chi connectivity index (χ3n) is 3.99. The van der Waals surface area contributed by atoms with Crippen LogP contribution in [0.2, 0.25) is 0 Å². The summed E-state index contributed by atoms with van der Waals surface area (Å²) >= 11 is 1.96. The number of halogens is 2. The zero-order chi connectivity index (χ0) is 19.1. The van der Waals surface area contributed by atoms with Crippen molar-refractivity contribution >= 4 is 51.9 Å². The fourth-order valence-corrected chi connectivity index (χ4v) is 5.41. The van der Waals surface area contributed by atoms with E-state index in [-0.39, 0.29) is 22.1 Å². The third kappa shape index (κ3) is 3.28. The van der Waals surface area contributed by atoms with Crippen molar-refractivity contribution < 1.29 is 17.6 Å². The Labute approximate surface area is 165 Å². The van der Waals surface area contributed by atoms with Gasteiger partial charge in [-0.3, -0.25) is 13.5 Å². The second-order valence-electron chi connectivity index (χ2n) is 5.60. The van der Waals surface area contributed by atoms with Crippen LogP contribution in [-0.4, -0.2) is 36.8 Å². The van der Waals surface area contributed by atoms with Crippen LogP contribution in [0, 0.1) is 17.1 Å². The Kier molecular flexibility index (Phi) is 5.18. The number of nitrogens with zero attached hydrogens (tertiary/aromatic N) is 3. The van der Waals surface area contributed by atoms with Gasteiger partial charge in [0.05, 0.1) is 17.3 Å². The van der Waals surface area contributed by atoms with Gasteiger partial charge in [0.15, 0.2) is 0 Å². The molecule has 2 aromatic rings. The highest BCUT2D eigenvalue weighted by atomic mass is 127. The van der Waals surface area contributed by atoms with Gasteiger partial charge in [-0.15, -0.1) is 0 Å². The van der Waals surface area contributed by atoms with Gasteiger partial charge in [-0.2, -0.15) is 5.26 Å². The Morgan fingerprint density at radius 1 is 1.42 bits per heavy atom.